The van der Waals surface area contributed by atoms with Crippen molar-refractivity contribution >= 4 is 11.2 Å². The first-order chi connectivity index (χ1) is 12.2. The third-order valence-electron chi connectivity index (χ3n) is 4.63. The van der Waals surface area contributed by atoms with Crippen LogP contribution in [0.1, 0.15) is 31.2 Å². The highest BCUT2D eigenvalue weighted by molar-refractivity contribution is 5.68. The van der Waals surface area contributed by atoms with Crippen molar-refractivity contribution in [1.82, 2.24) is 19.5 Å². The maximum atomic E-state index is 7.84. The molecule has 0 aliphatic heterocycles. The molecule has 1 aromatic carbocycles. The molecular formula is C18H21N5O2. The van der Waals surface area contributed by atoms with Gasteiger partial charge in [0.1, 0.15) is 5.52 Å². The monoisotopic (exact) mass is 339 g/mol. The highest BCUT2D eigenvalue weighted by atomic mass is 16.5. The zero-order valence-electron chi connectivity index (χ0n) is 14.2. The molecule has 1 aliphatic carbocycles. The van der Waals surface area contributed by atoms with Gasteiger partial charge in [0.05, 0.1) is 32.4 Å². The Morgan fingerprint density at radius 3 is 2.88 bits per heavy atom. The lowest BCUT2D eigenvalue weighted by atomic mass is 10.2. The Morgan fingerprint density at radius 2 is 2.08 bits per heavy atom. The number of hydrogen-bond donors (Lipinski definition) is 2. The summed E-state index contributed by atoms with van der Waals surface area (Å²) in [4.78, 5) is 11.4. The van der Waals surface area contributed by atoms with Crippen molar-refractivity contribution in [3.8, 4) is 11.5 Å². The molecule has 1 saturated carbocycles. The van der Waals surface area contributed by atoms with E-state index in [0.29, 0.717) is 17.7 Å². The molecule has 1 fully saturated rings. The van der Waals surface area contributed by atoms with Crippen LogP contribution in [0.15, 0.2) is 30.9 Å². The van der Waals surface area contributed by atoms with Crippen LogP contribution in [0.3, 0.4) is 0 Å². The van der Waals surface area contributed by atoms with Gasteiger partial charge >= 0.3 is 0 Å². The Bertz CT molecular complexity index is 940. The summed E-state index contributed by atoms with van der Waals surface area (Å²) < 4.78 is 13.5. The molecule has 0 atom stereocenters. The molecule has 0 radical (unpaired) electrons. The van der Waals surface area contributed by atoms with Gasteiger partial charge in [-0.3, -0.25) is 5.41 Å². The summed E-state index contributed by atoms with van der Waals surface area (Å²) in [6, 6.07) is 5.98. The van der Waals surface area contributed by atoms with E-state index in [1.807, 2.05) is 22.8 Å². The molecule has 0 unspecified atom stereocenters. The van der Waals surface area contributed by atoms with Crippen LogP contribution in [0, 0.1) is 5.41 Å². The van der Waals surface area contributed by atoms with Crippen LogP contribution in [0.25, 0.3) is 11.2 Å². The second-order valence-corrected chi connectivity index (χ2v) is 6.33. The van der Waals surface area contributed by atoms with Gasteiger partial charge < -0.3 is 19.0 Å². The van der Waals surface area contributed by atoms with Gasteiger partial charge in [0.15, 0.2) is 22.6 Å². The average molecular weight is 339 g/mol. The lowest BCUT2D eigenvalue weighted by Crippen LogP contribution is -2.14. The molecule has 130 valence electrons. The van der Waals surface area contributed by atoms with E-state index in [0.717, 1.165) is 29.9 Å². The van der Waals surface area contributed by atoms with Crippen LogP contribution in [-0.4, -0.2) is 32.7 Å². The number of nitrogens with one attached hydrogen (secondary N) is 2. The number of fused-ring (bicyclic) bond motifs is 1. The van der Waals surface area contributed by atoms with E-state index in [4.69, 9.17) is 14.9 Å². The fraction of sp³-hybridized carbons (Fsp3) is 0.389. The number of ether oxygens (including phenoxy) is 2. The zero-order valence-corrected chi connectivity index (χ0v) is 14.2. The second-order valence-electron chi connectivity index (χ2n) is 6.33. The van der Waals surface area contributed by atoms with Crippen LogP contribution in [0.4, 0.5) is 0 Å². The van der Waals surface area contributed by atoms with Gasteiger partial charge in [-0.1, -0.05) is 6.07 Å². The van der Waals surface area contributed by atoms with Crippen molar-refractivity contribution in [2.45, 2.75) is 38.3 Å². The van der Waals surface area contributed by atoms with Crippen LogP contribution in [0.2, 0.25) is 0 Å². The number of H-pyrrole nitrogens is 1. The molecule has 0 spiro atoms. The fourth-order valence-corrected chi connectivity index (χ4v) is 3.34. The van der Waals surface area contributed by atoms with E-state index in [-0.39, 0.29) is 11.6 Å². The average Bonchev–Trinajstić information content (AvgIpc) is 3.30. The number of rotatable bonds is 5. The minimum absolute atomic E-state index is 0.198. The highest BCUT2D eigenvalue weighted by Crippen LogP contribution is 2.32. The quantitative estimate of drug-likeness (QED) is 0.748. The predicted molar refractivity (Wildman–Crippen MR) is 92.7 cm³/mol. The van der Waals surface area contributed by atoms with E-state index >= 15 is 0 Å². The smallest absolute Gasteiger partial charge is 0.173 e. The Morgan fingerprint density at radius 1 is 1.24 bits per heavy atom. The fourth-order valence-electron chi connectivity index (χ4n) is 3.34. The third kappa shape index (κ3) is 3.09. The van der Waals surface area contributed by atoms with Gasteiger partial charge in [-0.25, -0.2) is 9.97 Å². The van der Waals surface area contributed by atoms with Gasteiger partial charge in [-0.2, -0.15) is 0 Å². The summed E-state index contributed by atoms with van der Waals surface area (Å²) in [6.45, 7) is 0.597. The van der Waals surface area contributed by atoms with Crippen molar-refractivity contribution in [3.63, 3.8) is 0 Å². The SMILES string of the molecule is COc1ccc(Cn2cnc(=N)c3[nH]cnc32)cc1OC1CCCC1. The number of benzene rings is 1. The minimum atomic E-state index is 0.198. The normalized spacial score (nSPS) is 14.9. The van der Waals surface area contributed by atoms with Gasteiger partial charge in [-0.05, 0) is 43.4 Å². The van der Waals surface area contributed by atoms with Crippen molar-refractivity contribution in [2.75, 3.05) is 7.11 Å². The number of aromatic nitrogens is 4. The summed E-state index contributed by atoms with van der Waals surface area (Å²) in [5.74, 6) is 1.54. The Balaban J connectivity index is 1.64. The van der Waals surface area contributed by atoms with Crippen molar-refractivity contribution in [3.05, 3.63) is 41.9 Å². The van der Waals surface area contributed by atoms with Crippen molar-refractivity contribution in [2.24, 2.45) is 0 Å². The van der Waals surface area contributed by atoms with Crippen molar-refractivity contribution < 1.29 is 9.47 Å². The van der Waals surface area contributed by atoms with Gasteiger partial charge in [0, 0.05) is 0 Å². The Hall–Kier alpha value is -2.83. The first kappa shape index (κ1) is 15.7. The predicted octanol–water partition coefficient (Wildman–Crippen LogP) is 2.62. The third-order valence-corrected chi connectivity index (χ3v) is 4.63. The topological polar surface area (TPSA) is 88.8 Å². The molecule has 7 heteroatoms. The lowest BCUT2D eigenvalue weighted by molar-refractivity contribution is 0.200. The van der Waals surface area contributed by atoms with Crippen molar-refractivity contribution in [1.29, 1.82) is 5.41 Å². The minimum Gasteiger partial charge on any atom is -0.493 e. The molecule has 0 bridgehead atoms. The summed E-state index contributed by atoms with van der Waals surface area (Å²) >= 11 is 0. The van der Waals surface area contributed by atoms with E-state index < -0.39 is 0 Å². The van der Waals surface area contributed by atoms with Gasteiger partial charge in [-0.15, -0.1) is 0 Å². The number of nitrogens with zero attached hydrogens (tertiary/aromatic N) is 3. The molecular weight excluding hydrogens is 318 g/mol. The molecule has 0 amide bonds. The van der Waals surface area contributed by atoms with Crippen LogP contribution in [0.5, 0.6) is 11.5 Å². The second kappa shape index (κ2) is 6.58. The number of imidazole rings is 1. The lowest BCUT2D eigenvalue weighted by Gasteiger charge is -2.17. The summed E-state index contributed by atoms with van der Waals surface area (Å²) in [5, 5.41) is 7.84. The highest BCUT2D eigenvalue weighted by Gasteiger charge is 2.18. The molecule has 25 heavy (non-hydrogen) atoms. The summed E-state index contributed by atoms with van der Waals surface area (Å²) in [6.07, 6.45) is 8.17. The van der Waals surface area contributed by atoms with E-state index in [1.165, 1.54) is 12.8 Å². The molecule has 4 rings (SSSR count). The van der Waals surface area contributed by atoms with Crippen LogP contribution < -0.4 is 15.0 Å². The molecule has 0 saturated heterocycles. The molecule has 2 N–H and O–H groups in total. The Labute approximate surface area is 145 Å². The zero-order chi connectivity index (χ0) is 17.2. The van der Waals surface area contributed by atoms with E-state index in [2.05, 4.69) is 15.0 Å². The Kier molecular flexibility index (Phi) is 4.13. The number of hydrogen-bond acceptors (Lipinski definition) is 5. The van der Waals surface area contributed by atoms with Gasteiger partial charge in [0.25, 0.3) is 0 Å². The molecule has 2 heterocycles. The maximum Gasteiger partial charge on any atom is 0.173 e. The first-order valence-electron chi connectivity index (χ1n) is 8.51. The number of methoxy groups -OCH3 is 1. The van der Waals surface area contributed by atoms with Gasteiger partial charge in [0.2, 0.25) is 0 Å². The van der Waals surface area contributed by atoms with Crippen LogP contribution >= 0.6 is 0 Å². The van der Waals surface area contributed by atoms with E-state index in [1.54, 1.807) is 19.8 Å². The summed E-state index contributed by atoms with van der Waals surface area (Å²) in [7, 11) is 1.66. The van der Waals surface area contributed by atoms with E-state index in [9.17, 15) is 0 Å². The number of aromatic amines is 1. The maximum absolute atomic E-state index is 7.84. The molecule has 2 aromatic heterocycles. The molecule has 3 aromatic rings. The molecule has 1 aliphatic rings. The largest absolute Gasteiger partial charge is 0.493 e. The van der Waals surface area contributed by atoms with Crippen LogP contribution in [-0.2, 0) is 6.54 Å². The summed E-state index contributed by atoms with van der Waals surface area (Å²) in [5.41, 5.74) is 2.62. The molecule has 7 nitrogen and oxygen atoms in total. The first-order valence-corrected chi connectivity index (χ1v) is 8.51. The standard InChI is InChI=1S/C18H21N5O2/c1-24-14-7-6-12(8-15(14)25-13-4-2-3-5-13)9-23-11-22-17(19)16-18(23)21-10-20-16/h6-8,10-11,13,19H,2-5,9H2,1H3,(H,20,21).